The van der Waals surface area contributed by atoms with Gasteiger partial charge in [0.15, 0.2) is 12.2 Å². The number of phosphoric acid groups is 2. The van der Waals surface area contributed by atoms with Gasteiger partial charge in [-0.25, -0.2) is 9.13 Å². The van der Waals surface area contributed by atoms with Gasteiger partial charge in [-0.2, -0.15) is 0 Å². The maximum absolute atomic E-state index is 13.1. The summed E-state index contributed by atoms with van der Waals surface area (Å²) in [5.74, 6) is 0.102. The summed E-state index contributed by atoms with van der Waals surface area (Å²) in [5.41, 5.74) is 0. The van der Waals surface area contributed by atoms with Gasteiger partial charge in [0, 0.05) is 25.7 Å². The van der Waals surface area contributed by atoms with Gasteiger partial charge in [0.1, 0.15) is 19.3 Å². The zero-order valence-electron chi connectivity index (χ0n) is 60.7. The Bertz CT molecular complexity index is 1820. The van der Waals surface area contributed by atoms with Crippen molar-refractivity contribution in [3.05, 3.63) is 0 Å². The Hall–Kier alpha value is -1.94. The van der Waals surface area contributed by atoms with Gasteiger partial charge < -0.3 is 33.8 Å². The summed E-state index contributed by atoms with van der Waals surface area (Å²) in [6, 6.07) is 0. The van der Waals surface area contributed by atoms with Gasteiger partial charge >= 0.3 is 39.5 Å². The zero-order chi connectivity index (χ0) is 68.7. The van der Waals surface area contributed by atoms with E-state index in [2.05, 4.69) is 48.5 Å². The van der Waals surface area contributed by atoms with Crippen molar-refractivity contribution in [2.75, 3.05) is 39.6 Å². The first-order valence-electron chi connectivity index (χ1n) is 38.4. The highest BCUT2D eigenvalue weighted by Gasteiger charge is 2.30. The number of esters is 4. The van der Waals surface area contributed by atoms with Crippen molar-refractivity contribution >= 4 is 39.5 Å². The van der Waals surface area contributed by atoms with E-state index in [1.807, 2.05) is 0 Å². The predicted molar refractivity (Wildman–Crippen MR) is 377 cm³/mol. The standard InChI is InChI=1S/C74H144O17P2/c1-8-10-11-12-13-14-15-16-17-18-19-20-21-22-29-34-43-50-57-73(78)90-69(61-84-71(76)55-48-41-33-28-24-23-27-32-40-47-54-67(7)9-2)63-88-92(80,81)86-59-68(75)60-87-93(82,83)89-64-70(62-85-72(77)56-49-42-37-36-39-46-53-66(5)6)91-74(79)58-51-44-35-30-25-26-31-38-45-52-65(3)4/h65-70,75H,8-64H2,1-7H3,(H,80,81)(H,82,83)/t67?,68-,69-,70-/m1/s1. The van der Waals surface area contributed by atoms with Crippen molar-refractivity contribution in [2.45, 2.75) is 394 Å². The van der Waals surface area contributed by atoms with Gasteiger partial charge in [-0.15, -0.1) is 0 Å². The summed E-state index contributed by atoms with van der Waals surface area (Å²) >= 11 is 0. The van der Waals surface area contributed by atoms with Crippen LogP contribution in [0.4, 0.5) is 0 Å². The first-order valence-corrected chi connectivity index (χ1v) is 41.4. The number of carbonyl (C=O) groups excluding carboxylic acids is 4. The molecule has 17 nitrogen and oxygen atoms in total. The number of rotatable bonds is 72. The third-order valence-electron chi connectivity index (χ3n) is 17.5. The van der Waals surface area contributed by atoms with Crippen LogP contribution in [0.3, 0.4) is 0 Å². The van der Waals surface area contributed by atoms with E-state index in [0.717, 1.165) is 108 Å². The Kier molecular flexibility index (Phi) is 63.4. The minimum atomic E-state index is -4.96. The van der Waals surface area contributed by atoms with Crippen LogP contribution in [0.2, 0.25) is 0 Å². The topological polar surface area (TPSA) is 237 Å². The molecule has 0 spiro atoms. The van der Waals surface area contributed by atoms with Crippen LogP contribution in [0.25, 0.3) is 0 Å². The predicted octanol–water partition coefficient (Wildman–Crippen LogP) is 21.4. The second-order valence-electron chi connectivity index (χ2n) is 27.9. The van der Waals surface area contributed by atoms with E-state index < -0.39 is 97.5 Å². The molecule has 19 heteroatoms. The SMILES string of the molecule is CCCCCCCCCCCCCCCCCCCCC(=O)O[C@H](COC(=O)CCCCCCCCCCCCC(C)CC)COP(=O)(O)OC[C@@H](O)COP(=O)(O)OC[C@@H](COC(=O)CCCCCCCCC(C)C)OC(=O)CCCCCCCCCCCC(C)C. The number of carbonyl (C=O) groups is 4. The van der Waals surface area contributed by atoms with Crippen molar-refractivity contribution in [3.63, 3.8) is 0 Å². The molecule has 0 aliphatic rings. The molecule has 552 valence electrons. The van der Waals surface area contributed by atoms with Gasteiger partial charge in [-0.3, -0.25) is 37.3 Å². The highest BCUT2D eigenvalue weighted by atomic mass is 31.2. The Morgan fingerprint density at radius 3 is 0.817 bits per heavy atom. The van der Waals surface area contributed by atoms with Gasteiger partial charge in [0.2, 0.25) is 0 Å². The first kappa shape index (κ1) is 91.1. The number of aliphatic hydroxyl groups excluding tert-OH is 1. The van der Waals surface area contributed by atoms with Gasteiger partial charge in [0.25, 0.3) is 0 Å². The third-order valence-corrected chi connectivity index (χ3v) is 19.4. The molecule has 0 aliphatic heterocycles. The molecular formula is C74H144O17P2. The summed E-state index contributed by atoms with van der Waals surface area (Å²) < 4.78 is 68.4. The Labute approximate surface area is 568 Å². The third kappa shape index (κ3) is 67.0. The van der Waals surface area contributed by atoms with Crippen LogP contribution in [0, 0.1) is 17.8 Å². The summed E-state index contributed by atoms with van der Waals surface area (Å²) in [4.78, 5) is 72.7. The number of ether oxygens (including phenoxy) is 4. The van der Waals surface area contributed by atoms with Crippen LogP contribution < -0.4 is 0 Å². The highest BCUT2D eigenvalue weighted by Crippen LogP contribution is 2.45. The van der Waals surface area contributed by atoms with E-state index in [4.69, 9.17) is 37.0 Å². The Morgan fingerprint density at radius 2 is 0.548 bits per heavy atom. The lowest BCUT2D eigenvalue weighted by molar-refractivity contribution is -0.161. The number of phosphoric ester groups is 2. The molecule has 3 N–H and O–H groups in total. The molecular weight excluding hydrogens is 1220 g/mol. The highest BCUT2D eigenvalue weighted by molar-refractivity contribution is 7.47. The van der Waals surface area contributed by atoms with E-state index in [1.54, 1.807) is 0 Å². The van der Waals surface area contributed by atoms with Crippen molar-refractivity contribution < 1.29 is 80.2 Å². The van der Waals surface area contributed by atoms with E-state index in [9.17, 15) is 43.2 Å². The molecule has 0 saturated carbocycles. The fraction of sp³-hybridized carbons (Fsp3) is 0.946. The molecule has 0 radical (unpaired) electrons. The Balaban J connectivity index is 5.24. The number of aliphatic hydroxyl groups is 1. The molecule has 0 aromatic carbocycles. The lowest BCUT2D eigenvalue weighted by Gasteiger charge is -2.21. The van der Waals surface area contributed by atoms with Crippen molar-refractivity contribution in [3.8, 4) is 0 Å². The van der Waals surface area contributed by atoms with Crippen LogP contribution in [0.1, 0.15) is 376 Å². The quantitative estimate of drug-likeness (QED) is 0.0222. The number of unbranched alkanes of at least 4 members (excludes halogenated alkanes) is 39. The van der Waals surface area contributed by atoms with Crippen molar-refractivity contribution in [2.24, 2.45) is 17.8 Å². The molecule has 0 aromatic heterocycles. The first-order chi connectivity index (χ1) is 44.8. The minimum absolute atomic E-state index is 0.104. The van der Waals surface area contributed by atoms with Crippen LogP contribution in [-0.2, 0) is 65.4 Å². The largest absolute Gasteiger partial charge is 0.472 e. The summed E-state index contributed by atoms with van der Waals surface area (Å²) in [7, 11) is -9.91. The molecule has 0 amide bonds. The maximum Gasteiger partial charge on any atom is 0.472 e. The molecule has 0 fully saturated rings. The van der Waals surface area contributed by atoms with Gasteiger partial charge in [0.05, 0.1) is 26.4 Å². The lowest BCUT2D eigenvalue weighted by Crippen LogP contribution is -2.30. The Morgan fingerprint density at radius 1 is 0.312 bits per heavy atom. The van der Waals surface area contributed by atoms with E-state index >= 15 is 0 Å². The fourth-order valence-corrected chi connectivity index (χ4v) is 12.8. The number of hydrogen-bond acceptors (Lipinski definition) is 15. The second-order valence-corrected chi connectivity index (χ2v) is 30.8. The molecule has 6 atom stereocenters. The molecule has 0 aromatic rings. The van der Waals surface area contributed by atoms with Crippen LogP contribution in [-0.4, -0.2) is 96.7 Å². The molecule has 0 saturated heterocycles. The maximum atomic E-state index is 13.1. The summed E-state index contributed by atoms with van der Waals surface area (Å²) in [6.45, 7) is 11.8. The molecule has 0 bridgehead atoms. The second kappa shape index (κ2) is 64.7. The summed E-state index contributed by atoms with van der Waals surface area (Å²) in [6.07, 6.45) is 50.1. The molecule has 3 unspecified atom stereocenters. The normalized spacial score (nSPS) is 14.4. The molecule has 0 rings (SSSR count). The number of hydrogen-bond donors (Lipinski definition) is 3. The van der Waals surface area contributed by atoms with Gasteiger partial charge in [-0.05, 0) is 43.4 Å². The average Bonchev–Trinajstić information content (AvgIpc) is 1.60. The van der Waals surface area contributed by atoms with E-state index in [1.165, 1.54) is 180 Å². The monoisotopic (exact) mass is 1370 g/mol. The van der Waals surface area contributed by atoms with E-state index in [-0.39, 0.29) is 25.7 Å². The fourth-order valence-electron chi connectivity index (χ4n) is 11.2. The van der Waals surface area contributed by atoms with Gasteiger partial charge in [-0.1, -0.05) is 325 Å². The molecule has 93 heavy (non-hydrogen) atoms. The molecule has 0 aliphatic carbocycles. The summed E-state index contributed by atoms with van der Waals surface area (Å²) in [5, 5.41) is 10.6. The van der Waals surface area contributed by atoms with Crippen molar-refractivity contribution in [1.29, 1.82) is 0 Å². The smallest absolute Gasteiger partial charge is 0.462 e. The van der Waals surface area contributed by atoms with Crippen molar-refractivity contribution in [1.82, 2.24) is 0 Å². The lowest BCUT2D eigenvalue weighted by atomic mass is 9.99. The van der Waals surface area contributed by atoms with Crippen LogP contribution in [0.5, 0.6) is 0 Å². The zero-order valence-corrected chi connectivity index (χ0v) is 62.5. The minimum Gasteiger partial charge on any atom is -0.462 e. The van der Waals surface area contributed by atoms with Crippen LogP contribution >= 0.6 is 15.6 Å². The average molecular weight is 1370 g/mol. The molecule has 0 heterocycles. The van der Waals surface area contributed by atoms with Crippen LogP contribution in [0.15, 0.2) is 0 Å². The van der Waals surface area contributed by atoms with E-state index in [0.29, 0.717) is 31.6 Å².